The van der Waals surface area contributed by atoms with Crippen molar-refractivity contribution in [1.82, 2.24) is 5.16 Å². The first-order valence-corrected chi connectivity index (χ1v) is 13.3. The van der Waals surface area contributed by atoms with Gasteiger partial charge in [-0.15, -0.1) is 22.7 Å². The van der Waals surface area contributed by atoms with Gasteiger partial charge in [-0.3, -0.25) is 5.32 Å². The van der Waals surface area contributed by atoms with Crippen molar-refractivity contribution >= 4 is 43.9 Å². The quantitative estimate of drug-likeness (QED) is 0.253. The monoisotopic (exact) mass is 500 g/mol. The summed E-state index contributed by atoms with van der Waals surface area (Å²) in [6.45, 7) is 3.64. The SMILES string of the molecule is Cc1noc(-c2ccc(-c3cc4sc(C5CC5)cc4s3)cc2)c1NC(=O)OC(C)c1ccccc1. The Morgan fingerprint density at radius 1 is 1.03 bits per heavy atom. The van der Waals surface area contributed by atoms with Crippen LogP contribution in [0.2, 0.25) is 0 Å². The minimum Gasteiger partial charge on any atom is -0.441 e. The van der Waals surface area contributed by atoms with Crippen LogP contribution in [-0.4, -0.2) is 11.2 Å². The fourth-order valence-corrected chi connectivity index (χ4v) is 6.73. The summed E-state index contributed by atoms with van der Waals surface area (Å²) in [5, 5.41) is 6.90. The van der Waals surface area contributed by atoms with Gasteiger partial charge in [-0.25, -0.2) is 4.79 Å². The largest absolute Gasteiger partial charge is 0.441 e. The van der Waals surface area contributed by atoms with E-state index < -0.39 is 6.09 Å². The maximum Gasteiger partial charge on any atom is 0.412 e. The average Bonchev–Trinajstić information content (AvgIpc) is 3.39. The zero-order chi connectivity index (χ0) is 23.9. The van der Waals surface area contributed by atoms with Crippen molar-refractivity contribution in [2.45, 2.75) is 38.7 Å². The van der Waals surface area contributed by atoms with E-state index in [2.05, 4.69) is 34.7 Å². The van der Waals surface area contributed by atoms with Crippen LogP contribution in [0.25, 0.3) is 31.2 Å². The van der Waals surface area contributed by atoms with E-state index >= 15 is 0 Å². The number of anilines is 1. The van der Waals surface area contributed by atoms with E-state index in [1.54, 1.807) is 6.92 Å². The van der Waals surface area contributed by atoms with E-state index in [1.165, 1.54) is 32.0 Å². The summed E-state index contributed by atoms with van der Waals surface area (Å²) in [6, 6.07) is 22.5. The van der Waals surface area contributed by atoms with E-state index in [0.717, 1.165) is 22.6 Å². The van der Waals surface area contributed by atoms with Gasteiger partial charge in [-0.1, -0.05) is 59.8 Å². The average molecular weight is 501 g/mol. The summed E-state index contributed by atoms with van der Waals surface area (Å²) in [4.78, 5) is 15.4. The second-order valence-electron chi connectivity index (χ2n) is 8.89. The van der Waals surface area contributed by atoms with Crippen molar-refractivity contribution in [3.05, 3.63) is 82.9 Å². The topological polar surface area (TPSA) is 64.4 Å². The molecule has 1 atom stereocenters. The second kappa shape index (κ2) is 8.98. The summed E-state index contributed by atoms with van der Waals surface area (Å²) < 4.78 is 13.9. The molecule has 1 N–H and O–H groups in total. The van der Waals surface area contributed by atoms with Crippen LogP contribution in [0.3, 0.4) is 0 Å². The summed E-state index contributed by atoms with van der Waals surface area (Å²) in [5.74, 6) is 1.31. The number of nitrogens with zero attached hydrogens (tertiary/aromatic N) is 1. The molecule has 35 heavy (non-hydrogen) atoms. The van der Waals surface area contributed by atoms with Crippen molar-refractivity contribution in [3.8, 4) is 21.8 Å². The molecule has 1 fully saturated rings. The normalized spacial score (nSPS) is 14.2. The predicted molar refractivity (Wildman–Crippen MR) is 142 cm³/mol. The zero-order valence-electron chi connectivity index (χ0n) is 19.4. The van der Waals surface area contributed by atoms with Gasteiger partial charge in [-0.05, 0) is 55.9 Å². The molecule has 7 heteroatoms. The highest BCUT2D eigenvalue weighted by molar-refractivity contribution is 7.29. The molecule has 1 saturated carbocycles. The third-order valence-corrected chi connectivity index (χ3v) is 8.78. The Morgan fingerprint density at radius 2 is 1.74 bits per heavy atom. The third-order valence-electron chi connectivity index (χ3n) is 6.28. The zero-order valence-corrected chi connectivity index (χ0v) is 21.0. The van der Waals surface area contributed by atoms with Crippen LogP contribution >= 0.6 is 22.7 Å². The first kappa shape index (κ1) is 22.1. The molecule has 176 valence electrons. The second-order valence-corrected chi connectivity index (χ2v) is 11.1. The van der Waals surface area contributed by atoms with Crippen LogP contribution in [0.5, 0.6) is 0 Å². The Hall–Kier alpha value is -3.42. The number of fused-ring (bicyclic) bond motifs is 1. The highest BCUT2D eigenvalue weighted by Gasteiger charge is 2.26. The molecular formula is C28H24N2O3S2. The number of rotatable bonds is 6. The maximum atomic E-state index is 12.6. The first-order chi connectivity index (χ1) is 17.0. The molecule has 0 aliphatic heterocycles. The van der Waals surface area contributed by atoms with Gasteiger partial charge in [0.05, 0.1) is 0 Å². The smallest absolute Gasteiger partial charge is 0.412 e. The molecule has 0 spiro atoms. The number of carbonyl (C=O) groups excluding carboxylic acids is 1. The Kier molecular flexibility index (Phi) is 5.66. The molecule has 5 nitrogen and oxygen atoms in total. The number of hydrogen-bond donors (Lipinski definition) is 1. The highest BCUT2D eigenvalue weighted by atomic mass is 32.1. The molecule has 3 heterocycles. The van der Waals surface area contributed by atoms with E-state index in [9.17, 15) is 4.79 Å². The summed E-state index contributed by atoms with van der Waals surface area (Å²) >= 11 is 3.77. The highest BCUT2D eigenvalue weighted by Crippen LogP contribution is 2.48. The molecule has 1 unspecified atom stereocenters. The predicted octanol–water partition coefficient (Wildman–Crippen LogP) is 8.78. The number of amides is 1. The van der Waals surface area contributed by atoms with Gasteiger partial charge < -0.3 is 9.26 Å². The summed E-state index contributed by atoms with van der Waals surface area (Å²) in [6.07, 6.45) is 1.75. The fourth-order valence-electron chi connectivity index (χ4n) is 4.15. The Morgan fingerprint density at radius 3 is 2.46 bits per heavy atom. The van der Waals surface area contributed by atoms with Gasteiger partial charge in [-0.2, -0.15) is 0 Å². The molecule has 0 radical (unpaired) electrons. The minimum atomic E-state index is -0.547. The van der Waals surface area contributed by atoms with E-state index in [0.29, 0.717) is 17.1 Å². The van der Waals surface area contributed by atoms with Crippen LogP contribution in [0.1, 0.15) is 47.9 Å². The van der Waals surface area contributed by atoms with Crippen LogP contribution in [0.4, 0.5) is 10.5 Å². The van der Waals surface area contributed by atoms with Crippen LogP contribution in [-0.2, 0) is 4.74 Å². The number of benzene rings is 2. The first-order valence-electron chi connectivity index (χ1n) is 11.7. The molecular weight excluding hydrogens is 476 g/mol. The minimum absolute atomic E-state index is 0.375. The number of nitrogens with one attached hydrogen (secondary N) is 1. The lowest BCUT2D eigenvalue weighted by molar-refractivity contribution is 0.121. The third kappa shape index (κ3) is 4.49. The number of hydrogen-bond acceptors (Lipinski definition) is 6. The van der Waals surface area contributed by atoms with Crippen LogP contribution in [0.15, 0.2) is 71.3 Å². The summed E-state index contributed by atoms with van der Waals surface area (Å²) in [7, 11) is 0. The lowest BCUT2D eigenvalue weighted by atomic mass is 10.1. The number of aryl methyl sites for hydroxylation is 1. The molecule has 0 saturated heterocycles. The van der Waals surface area contributed by atoms with Gasteiger partial charge in [0.15, 0.2) is 5.76 Å². The van der Waals surface area contributed by atoms with Crippen molar-refractivity contribution in [2.75, 3.05) is 5.32 Å². The lowest BCUT2D eigenvalue weighted by Crippen LogP contribution is -2.16. The Labute approximate surface area is 211 Å². The molecule has 6 rings (SSSR count). The van der Waals surface area contributed by atoms with Crippen molar-refractivity contribution in [3.63, 3.8) is 0 Å². The molecule has 1 amide bonds. The molecule has 2 aromatic carbocycles. The van der Waals surface area contributed by atoms with Gasteiger partial charge in [0.25, 0.3) is 0 Å². The molecule has 1 aliphatic rings. The molecule has 3 aromatic heterocycles. The number of ether oxygens (including phenoxy) is 1. The van der Waals surface area contributed by atoms with Gasteiger partial charge >= 0.3 is 6.09 Å². The number of carbonyl (C=O) groups is 1. The Bertz CT molecular complexity index is 1460. The summed E-state index contributed by atoms with van der Waals surface area (Å²) in [5.41, 5.74) is 4.05. The fraction of sp³-hybridized carbons (Fsp3) is 0.214. The van der Waals surface area contributed by atoms with Crippen LogP contribution < -0.4 is 5.32 Å². The standard InChI is InChI=1S/C28H24N2O3S2/c1-16-26(29-28(31)32-17(2)18-6-4-3-5-7-18)27(33-30-16)21-12-10-20(11-13-21)23-15-25-24(35-23)14-22(34-25)19-8-9-19/h3-7,10-15,17,19H,8-9H2,1-2H3,(H,29,31). The number of aromatic nitrogens is 1. The maximum absolute atomic E-state index is 12.6. The van der Waals surface area contributed by atoms with Crippen molar-refractivity contribution in [2.24, 2.45) is 0 Å². The van der Waals surface area contributed by atoms with E-state index in [-0.39, 0.29) is 6.10 Å². The van der Waals surface area contributed by atoms with Crippen molar-refractivity contribution < 1.29 is 14.1 Å². The molecule has 5 aromatic rings. The van der Waals surface area contributed by atoms with E-state index in [4.69, 9.17) is 9.26 Å². The van der Waals surface area contributed by atoms with Gasteiger partial charge in [0.1, 0.15) is 17.5 Å². The van der Waals surface area contributed by atoms with Crippen LogP contribution in [0, 0.1) is 6.92 Å². The lowest BCUT2D eigenvalue weighted by Gasteiger charge is -2.14. The van der Waals surface area contributed by atoms with E-state index in [1.807, 2.05) is 72.1 Å². The molecule has 0 bridgehead atoms. The Balaban J connectivity index is 1.19. The van der Waals surface area contributed by atoms with Gasteiger partial charge in [0.2, 0.25) is 0 Å². The van der Waals surface area contributed by atoms with Gasteiger partial charge in [0, 0.05) is 24.7 Å². The van der Waals surface area contributed by atoms with Crippen molar-refractivity contribution in [1.29, 1.82) is 0 Å². The number of thiophene rings is 2. The molecule has 1 aliphatic carbocycles.